The fraction of sp³-hybridized carbons (Fsp3) is 0.473. The molecule has 6 aromatic rings. The van der Waals surface area contributed by atoms with Gasteiger partial charge in [0.25, 0.3) is 0 Å². The Balaban J connectivity index is 1.01. The number of thiophene rings is 1. The van der Waals surface area contributed by atoms with E-state index in [2.05, 4.69) is 26.7 Å². The molecule has 0 amide bonds. The van der Waals surface area contributed by atoms with E-state index in [-0.39, 0.29) is 37.4 Å². The third-order valence-corrected chi connectivity index (χ3v) is 15.7. The van der Waals surface area contributed by atoms with Crippen LogP contribution < -0.4 is 23.8 Å². The number of aromatic nitrogens is 4. The standard InChI is InChI=1S/C55H62Cl2FN7O9S/c1-32-44-33(2)48(57)49(47(32)56)72-40(25-64-17-15-63(6)16-18-64)30-70-39-11-12-42(71-27-38-13-14-59-54(62-38)65-23-34(24-65)26-68-29-41-28-67-19-20-69-41)36(21-39)22-43(53(66)74-55(3,4)5)73-51-46-45(44)50(75-52(46)61-31-60-51)35-7-9-37(58)10-8-35/h7-14,21,31,34,40-41,43H,15-20,22-30H2,1-6H3/t40-,41-,43-/m1/s1. The van der Waals surface area contributed by atoms with Gasteiger partial charge < -0.3 is 47.7 Å². The number of hydrogen-bond acceptors (Lipinski definition) is 17. The van der Waals surface area contributed by atoms with E-state index in [9.17, 15) is 9.18 Å². The van der Waals surface area contributed by atoms with Crippen LogP contribution >= 0.6 is 34.5 Å². The van der Waals surface area contributed by atoms with Gasteiger partial charge in [0.05, 0.1) is 54.2 Å². The summed E-state index contributed by atoms with van der Waals surface area (Å²) in [5.41, 5.74) is 3.82. The van der Waals surface area contributed by atoms with Crippen molar-refractivity contribution in [2.75, 3.05) is 97.4 Å². The van der Waals surface area contributed by atoms with E-state index in [0.29, 0.717) is 122 Å². The minimum Gasteiger partial charge on any atom is -0.490 e. The molecule has 0 N–H and O–H groups in total. The summed E-state index contributed by atoms with van der Waals surface area (Å²) in [4.78, 5) is 41.6. The van der Waals surface area contributed by atoms with Crippen LogP contribution in [0.3, 0.4) is 0 Å². The number of likely N-dealkylation sites (N-methyl/N-ethyl adjacent to an activating group) is 1. The van der Waals surface area contributed by atoms with Crippen molar-refractivity contribution in [2.45, 2.75) is 71.6 Å². The first-order valence-electron chi connectivity index (χ1n) is 25.4. The smallest absolute Gasteiger partial charge is 0.348 e. The van der Waals surface area contributed by atoms with Gasteiger partial charge in [0.1, 0.15) is 59.5 Å². The molecular formula is C55H62Cl2FN7O9S. The summed E-state index contributed by atoms with van der Waals surface area (Å²) in [6.07, 6.45) is 1.29. The molecule has 0 saturated carbocycles. The van der Waals surface area contributed by atoms with Crippen molar-refractivity contribution in [1.82, 2.24) is 29.7 Å². The highest BCUT2D eigenvalue weighted by Gasteiger charge is 2.35. The van der Waals surface area contributed by atoms with Crippen LogP contribution in [0.4, 0.5) is 10.3 Å². The number of hydrogen-bond donors (Lipinski definition) is 0. The Morgan fingerprint density at radius 1 is 0.893 bits per heavy atom. The number of esters is 1. The number of rotatable bonds is 12. The zero-order valence-corrected chi connectivity index (χ0v) is 45.4. The van der Waals surface area contributed by atoms with Gasteiger partial charge in [-0.3, -0.25) is 4.90 Å². The Hall–Kier alpha value is -5.44. The van der Waals surface area contributed by atoms with Gasteiger partial charge in [0.2, 0.25) is 17.9 Å². The lowest BCUT2D eigenvalue weighted by Gasteiger charge is -2.39. The molecule has 8 heterocycles. The van der Waals surface area contributed by atoms with Crippen molar-refractivity contribution in [3.8, 4) is 44.7 Å². The maximum atomic E-state index is 14.6. The van der Waals surface area contributed by atoms with E-state index in [4.69, 9.17) is 76.0 Å². The second-order valence-corrected chi connectivity index (χ2v) is 22.3. The van der Waals surface area contributed by atoms with E-state index in [1.54, 1.807) is 39.1 Å². The number of benzene rings is 3. The van der Waals surface area contributed by atoms with Crippen LogP contribution in [-0.4, -0.2) is 152 Å². The van der Waals surface area contributed by atoms with E-state index in [1.807, 2.05) is 38.1 Å². The molecule has 0 aliphatic carbocycles. The average Bonchev–Trinajstić information content (AvgIpc) is 3.81. The number of halogens is 3. The molecular weight excluding hydrogens is 1020 g/mol. The Bertz CT molecular complexity index is 2970. The zero-order valence-electron chi connectivity index (χ0n) is 43.0. The first-order chi connectivity index (χ1) is 36.1. The van der Waals surface area contributed by atoms with E-state index < -0.39 is 23.8 Å². The molecule has 3 saturated heterocycles. The number of fused-ring (bicyclic) bond motifs is 7. The Kier molecular flexibility index (Phi) is 16.3. The molecule has 3 fully saturated rings. The number of piperazine rings is 1. The molecule has 3 aromatic carbocycles. The molecule has 11 rings (SSSR count). The molecule has 75 heavy (non-hydrogen) atoms. The topological polar surface area (TPSA) is 152 Å². The van der Waals surface area contributed by atoms with Crippen LogP contribution in [-0.2, 0) is 36.8 Å². The molecule has 0 unspecified atom stereocenters. The van der Waals surface area contributed by atoms with Crippen molar-refractivity contribution in [2.24, 2.45) is 5.92 Å². The largest absolute Gasteiger partial charge is 0.490 e. The lowest BCUT2D eigenvalue weighted by atomic mass is 9.92. The highest BCUT2D eigenvalue weighted by molar-refractivity contribution is 7.22. The first kappa shape index (κ1) is 53.0. The zero-order chi connectivity index (χ0) is 52.4. The number of anilines is 1. The van der Waals surface area contributed by atoms with Gasteiger partial charge in [0, 0.05) is 80.4 Å². The molecule has 3 atom stereocenters. The van der Waals surface area contributed by atoms with Gasteiger partial charge in [-0.15, -0.1) is 11.3 Å². The molecule has 0 spiro atoms. The first-order valence-corrected chi connectivity index (χ1v) is 26.9. The number of carbonyl (C=O) groups excluding carboxylic acids is 1. The third-order valence-electron chi connectivity index (χ3n) is 13.6. The summed E-state index contributed by atoms with van der Waals surface area (Å²) in [6.45, 7) is 17.9. The summed E-state index contributed by atoms with van der Waals surface area (Å²) in [7, 11) is 2.12. The summed E-state index contributed by atoms with van der Waals surface area (Å²) < 4.78 is 64.8. The van der Waals surface area contributed by atoms with Crippen LogP contribution in [0.1, 0.15) is 43.2 Å². The van der Waals surface area contributed by atoms with Crippen LogP contribution in [0.15, 0.2) is 61.1 Å². The van der Waals surface area contributed by atoms with Crippen LogP contribution in [0.5, 0.6) is 23.1 Å². The molecule has 4 bridgehead atoms. The third kappa shape index (κ3) is 12.4. The summed E-state index contributed by atoms with van der Waals surface area (Å²) in [6, 6.07) is 13.6. The maximum absolute atomic E-state index is 14.6. The van der Waals surface area contributed by atoms with Crippen molar-refractivity contribution in [1.29, 1.82) is 0 Å². The van der Waals surface area contributed by atoms with Gasteiger partial charge in [0.15, 0.2) is 5.75 Å². The lowest BCUT2D eigenvalue weighted by molar-refractivity contribution is -0.163. The van der Waals surface area contributed by atoms with Crippen molar-refractivity contribution in [3.05, 3.63) is 99.3 Å². The maximum Gasteiger partial charge on any atom is 0.348 e. The van der Waals surface area contributed by atoms with Crippen LogP contribution in [0, 0.1) is 25.6 Å². The normalized spacial score (nSPS) is 20.0. The minimum atomic E-state index is -1.26. The highest BCUT2D eigenvalue weighted by atomic mass is 35.5. The van der Waals surface area contributed by atoms with Gasteiger partial charge >= 0.3 is 5.97 Å². The van der Waals surface area contributed by atoms with Crippen molar-refractivity contribution < 1.29 is 47.1 Å². The lowest BCUT2D eigenvalue weighted by Crippen LogP contribution is -2.50. The van der Waals surface area contributed by atoms with E-state index >= 15 is 0 Å². The van der Waals surface area contributed by atoms with Gasteiger partial charge in [-0.2, -0.15) is 0 Å². The predicted molar refractivity (Wildman–Crippen MR) is 285 cm³/mol. The Labute approximate surface area is 450 Å². The number of nitrogens with zero attached hydrogens (tertiary/aromatic N) is 7. The summed E-state index contributed by atoms with van der Waals surface area (Å²) in [5.74, 6) is 1.37. The fourth-order valence-electron chi connectivity index (χ4n) is 9.68. The predicted octanol–water partition coefficient (Wildman–Crippen LogP) is 9.04. The minimum absolute atomic E-state index is 0.0192. The number of carbonyl (C=O) groups is 1. The quantitative estimate of drug-likeness (QED) is 0.107. The van der Waals surface area contributed by atoms with Crippen LogP contribution in [0.2, 0.25) is 10.0 Å². The van der Waals surface area contributed by atoms with Crippen molar-refractivity contribution >= 4 is 56.7 Å². The average molecular weight is 1090 g/mol. The molecule has 5 aliphatic heterocycles. The SMILES string of the molecule is Cc1c(Cl)c2c(Cl)c(C)c1-c1c(-c3ccc(F)cc3)sc3ncnc(c13)O[C@@H](C(=O)OC(C)(C)C)Cc1cc(ccc1OCc1ccnc(N3CC(COC[C@H]4COCCO4)C3)n1)OC[C@@H](CN1CCN(C)CC1)O2. The molecule has 398 valence electrons. The summed E-state index contributed by atoms with van der Waals surface area (Å²) >= 11 is 16.2. The van der Waals surface area contributed by atoms with Crippen molar-refractivity contribution in [3.63, 3.8) is 0 Å². The monoisotopic (exact) mass is 1090 g/mol. The second-order valence-electron chi connectivity index (χ2n) is 20.5. The molecule has 20 heteroatoms. The van der Waals surface area contributed by atoms with Gasteiger partial charge in [-0.25, -0.2) is 29.1 Å². The van der Waals surface area contributed by atoms with E-state index in [0.717, 1.165) is 49.7 Å². The van der Waals surface area contributed by atoms with Crippen LogP contribution in [0.25, 0.3) is 31.8 Å². The molecule has 5 aliphatic rings. The molecule has 16 nitrogen and oxygen atoms in total. The Morgan fingerprint density at radius 2 is 1.67 bits per heavy atom. The van der Waals surface area contributed by atoms with Gasteiger partial charge in [-0.1, -0.05) is 35.3 Å². The molecule has 3 aromatic heterocycles. The van der Waals surface area contributed by atoms with Gasteiger partial charge in [-0.05, 0) is 100 Å². The second kappa shape index (κ2) is 23.0. The number of ether oxygens (including phenoxy) is 8. The van der Waals surface area contributed by atoms with E-state index in [1.165, 1.54) is 29.8 Å². The highest BCUT2D eigenvalue weighted by Crippen LogP contribution is 2.53. The molecule has 0 radical (unpaired) electrons. The fourth-order valence-corrected chi connectivity index (χ4v) is 11.3. The Morgan fingerprint density at radius 3 is 2.40 bits per heavy atom. The summed E-state index contributed by atoms with van der Waals surface area (Å²) in [5, 5.41) is 1.15.